The summed E-state index contributed by atoms with van der Waals surface area (Å²) in [6.45, 7) is 6.23. The van der Waals surface area contributed by atoms with Crippen LogP contribution in [-0.4, -0.2) is 18.3 Å². The van der Waals surface area contributed by atoms with E-state index in [9.17, 15) is 4.79 Å². The molecule has 1 amide bonds. The molecule has 0 radical (unpaired) electrons. The van der Waals surface area contributed by atoms with Crippen molar-refractivity contribution in [2.75, 3.05) is 11.9 Å². The monoisotopic (exact) mass is 397 g/mol. The summed E-state index contributed by atoms with van der Waals surface area (Å²) in [5, 5.41) is 2.74. The molecule has 1 N–H and O–H groups in total. The van der Waals surface area contributed by atoms with E-state index in [1.165, 1.54) is 32.1 Å². The average molecular weight is 398 g/mol. The molecule has 0 aliphatic heterocycles. The van der Waals surface area contributed by atoms with E-state index in [1.807, 2.05) is 39.0 Å². The van der Waals surface area contributed by atoms with Crippen molar-refractivity contribution in [1.82, 2.24) is 0 Å². The third-order valence-corrected chi connectivity index (χ3v) is 4.74. The maximum absolute atomic E-state index is 11.9. The van der Waals surface area contributed by atoms with Crippen LogP contribution < -0.4 is 10.1 Å². The summed E-state index contributed by atoms with van der Waals surface area (Å²) in [7, 11) is 0. The Bertz CT molecular complexity index is 548. The number of carbonyl (C=O) groups is 1. The van der Waals surface area contributed by atoms with Gasteiger partial charge in [0.1, 0.15) is 11.4 Å². The van der Waals surface area contributed by atoms with Crippen LogP contribution in [-0.2, 0) is 4.74 Å². The number of benzene rings is 1. The molecule has 1 aromatic rings. The minimum Gasteiger partial charge on any atom is -0.492 e. The van der Waals surface area contributed by atoms with Gasteiger partial charge in [0, 0.05) is 11.8 Å². The zero-order valence-corrected chi connectivity index (χ0v) is 16.4. The van der Waals surface area contributed by atoms with Gasteiger partial charge in [-0.1, -0.05) is 32.1 Å². The van der Waals surface area contributed by atoms with Gasteiger partial charge in [-0.25, -0.2) is 4.79 Å². The van der Waals surface area contributed by atoms with E-state index in [4.69, 9.17) is 9.47 Å². The van der Waals surface area contributed by atoms with Crippen molar-refractivity contribution in [3.63, 3.8) is 0 Å². The van der Waals surface area contributed by atoms with E-state index >= 15 is 0 Å². The third-order valence-electron chi connectivity index (χ3n) is 4.08. The summed E-state index contributed by atoms with van der Waals surface area (Å²) >= 11 is 3.50. The number of anilines is 1. The fourth-order valence-electron chi connectivity index (χ4n) is 2.92. The predicted molar refractivity (Wildman–Crippen MR) is 101 cm³/mol. The molecule has 0 aromatic heterocycles. The number of nitrogens with one attached hydrogen (secondary N) is 1. The molecular formula is C19H28BrNO3. The van der Waals surface area contributed by atoms with Gasteiger partial charge in [0.15, 0.2) is 0 Å². The third kappa shape index (κ3) is 6.71. The fourth-order valence-corrected chi connectivity index (χ4v) is 3.29. The second-order valence-corrected chi connectivity index (χ2v) is 8.27. The lowest BCUT2D eigenvalue weighted by atomic mass is 9.87. The lowest BCUT2D eigenvalue weighted by Gasteiger charge is -2.22. The summed E-state index contributed by atoms with van der Waals surface area (Å²) in [4.78, 5) is 11.9. The number of hydrogen-bond acceptors (Lipinski definition) is 3. The Hall–Kier alpha value is -1.23. The van der Waals surface area contributed by atoms with E-state index in [0.29, 0.717) is 12.3 Å². The number of hydrogen-bond donors (Lipinski definition) is 1. The highest BCUT2D eigenvalue weighted by molar-refractivity contribution is 9.10. The first kappa shape index (κ1) is 19.1. The molecular weight excluding hydrogens is 370 g/mol. The number of amides is 1. The van der Waals surface area contributed by atoms with E-state index < -0.39 is 11.7 Å². The number of ether oxygens (including phenoxy) is 2. The number of rotatable bonds is 5. The van der Waals surface area contributed by atoms with Crippen LogP contribution in [0, 0.1) is 5.92 Å². The van der Waals surface area contributed by atoms with Gasteiger partial charge < -0.3 is 9.47 Å². The molecule has 1 fully saturated rings. The molecule has 1 saturated carbocycles. The van der Waals surface area contributed by atoms with Crippen molar-refractivity contribution in [2.45, 2.75) is 64.9 Å². The Morgan fingerprint density at radius 1 is 1.25 bits per heavy atom. The Morgan fingerprint density at radius 3 is 2.62 bits per heavy atom. The molecule has 4 nitrogen and oxygen atoms in total. The topological polar surface area (TPSA) is 47.6 Å². The molecule has 134 valence electrons. The average Bonchev–Trinajstić information content (AvgIpc) is 2.49. The van der Waals surface area contributed by atoms with Crippen LogP contribution >= 0.6 is 15.9 Å². The molecule has 0 spiro atoms. The van der Waals surface area contributed by atoms with Crippen LogP contribution in [0.25, 0.3) is 0 Å². The van der Waals surface area contributed by atoms with Crippen molar-refractivity contribution in [3.05, 3.63) is 22.7 Å². The Kier molecular flexibility index (Phi) is 6.96. The summed E-state index contributed by atoms with van der Waals surface area (Å²) in [6.07, 6.45) is 7.36. The zero-order valence-electron chi connectivity index (χ0n) is 14.9. The highest BCUT2D eigenvalue weighted by Gasteiger charge is 2.17. The molecule has 0 heterocycles. The van der Waals surface area contributed by atoms with Gasteiger partial charge in [-0.3, -0.25) is 5.32 Å². The van der Waals surface area contributed by atoms with Crippen molar-refractivity contribution in [2.24, 2.45) is 5.92 Å². The van der Waals surface area contributed by atoms with E-state index in [1.54, 1.807) is 0 Å². The van der Waals surface area contributed by atoms with Gasteiger partial charge in [-0.2, -0.15) is 0 Å². The van der Waals surface area contributed by atoms with Crippen LogP contribution in [0.4, 0.5) is 10.5 Å². The second-order valence-electron chi connectivity index (χ2n) is 7.41. The summed E-state index contributed by atoms with van der Waals surface area (Å²) in [5.41, 5.74) is 0.152. The molecule has 2 rings (SSSR count). The zero-order chi connectivity index (χ0) is 17.6. The Labute approximate surface area is 153 Å². The van der Waals surface area contributed by atoms with Crippen LogP contribution in [0.3, 0.4) is 0 Å². The van der Waals surface area contributed by atoms with Crippen LogP contribution in [0.15, 0.2) is 22.7 Å². The minimum atomic E-state index is -0.515. The standard InChI is InChI=1S/C19H28BrNO3/c1-19(2,3)24-18(22)21-15-9-10-16(20)17(13-15)23-12-11-14-7-5-4-6-8-14/h9-10,13-14H,4-8,11-12H2,1-3H3,(H,21,22). The summed E-state index contributed by atoms with van der Waals surface area (Å²) in [6, 6.07) is 5.53. The number of carbonyl (C=O) groups excluding carboxylic acids is 1. The predicted octanol–water partition coefficient (Wildman–Crippen LogP) is 6.15. The molecule has 1 aliphatic carbocycles. The van der Waals surface area contributed by atoms with E-state index in [-0.39, 0.29) is 0 Å². The Balaban J connectivity index is 1.87. The molecule has 0 saturated heterocycles. The van der Waals surface area contributed by atoms with Crippen molar-refractivity contribution < 1.29 is 14.3 Å². The van der Waals surface area contributed by atoms with Crippen LogP contribution in [0.2, 0.25) is 0 Å². The normalized spacial score (nSPS) is 15.8. The van der Waals surface area contributed by atoms with Gasteiger partial charge >= 0.3 is 6.09 Å². The maximum atomic E-state index is 11.9. The van der Waals surface area contributed by atoms with Gasteiger partial charge in [0.05, 0.1) is 11.1 Å². The molecule has 1 aliphatic rings. The Morgan fingerprint density at radius 2 is 1.96 bits per heavy atom. The molecule has 0 unspecified atom stereocenters. The lowest BCUT2D eigenvalue weighted by Crippen LogP contribution is -2.27. The minimum absolute atomic E-state index is 0.460. The lowest BCUT2D eigenvalue weighted by molar-refractivity contribution is 0.0636. The molecule has 0 bridgehead atoms. The van der Waals surface area contributed by atoms with Crippen molar-refractivity contribution in [1.29, 1.82) is 0 Å². The first-order valence-electron chi connectivity index (χ1n) is 8.76. The largest absolute Gasteiger partial charge is 0.492 e. The summed E-state index contributed by atoms with van der Waals surface area (Å²) < 4.78 is 12.1. The van der Waals surface area contributed by atoms with Gasteiger partial charge in [0.25, 0.3) is 0 Å². The quantitative estimate of drug-likeness (QED) is 0.648. The van der Waals surface area contributed by atoms with Gasteiger partial charge in [-0.15, -0.1) is 0 Å². The van der Waals surface area contributed by atoms with Crippen molar-refractivity contribution in [3.8, 4) is 5.75 Å². The molecule has 0 atom stereocenters. The van der Waals surface area contributed by atoms with Gasteiger partial charge in [-0.05, 0) is 61.2 Å². The SMILES string of the molecule is CC(C)(C)OC(=O)Nc1ccc(Br)c(OCCC2CCCCC2)c1. The highest BCUT2D eigenvalue weighted by Crippen LogP contribution is 2.30. The fraction of sp³-hybridized carbons (Fsp3) is 0.632. The van der Waals surface area contributed by atoms with Crippen LogP contribution in [0.5, 0.6) is 5.75 Å². The first-order chi connectivity index (χ1) is 11.3. The smallest absolute Gasteiger partial charge is 0.412 e. The molecule has 24 heavy (non-hydrogen) atoms. The molecule has 5 heteroatoms. The highest BCUT2D eigenvalue weighted by atomic mass is 79.9. The van der Waals surface area contributed by atoms with Crippen molar-refractivity contribution >= 4 is 27.7 Å². The number of halogens is 1. The van der Waals surface area contributed by atoms with Crippen LogP contribution in [0.1, 0.15) is 59.3 Å². The van der Waals surface area contributed by atoms with Gasteiger partial charge in [0.2, 0.25) is 0 Å². The molecule has 1 aromatic carbocycles. The first-order valence-corrected chi connectivity index (χ1v) is 9.55. The van der Waals surface area contributed by atoms with E-state index in [2.05, 4.69) is 21.2 Å². The second kappa shape index (κ2) is 8.75. The summed E-state index contributed by atoms with van der Waals surface area (Å²) in [5.74, 6) is 1.54. The van der Waals surface area contributed by atoms with E-state index in [0.717, 1.165) is 22.6 Å². The maximum Gasteiger partial charge on any atom is 0.412 e.